The number of rotatable bonds is 4. The van der Waals surface area contributed by atoms with Crippen LogP contribution in [0.3, 0.4) is 0 Å². The summed E-state index contributed by atoms with van der Waals surface area (Å²) in [6.07, 6.45) is 1.28. The molecule has 0 bridgehead atoms. The van der Waals surface area contributed by atoms with Gasteiger partial charge in [-0.15, -0.1) is 0 Å². The molecule has 0 amide bonds. The number of hydrogen-bond acceptors (Lipinski definition) is 4. The number of benzene rings is 1. The first-order valence-electron chi connectivity index (χ1n) is 5.97. The van der Waals surface area contributed by atoms with Crippen LogP contribution in [0.4, 0.5) is 11.5 Å². The number of nitrogens with one attached hydrogen (secondary N) is 1. The molecule has 98 valence electrons. The van der Waals surface area contributed by atoms with Crippen molar-refractivity contribution < 1.29 is 4.92 Å². The topological polar surface area (TPSA) is 68.1 Å². The molecule has 0 aliphatic rings. The van der Waals surface area contributed by atoms with Gasteiger partial charge < -0.3 is 5.32 Å². The minimum atomic E-state index is -0.425. The van der Waals surface area contributed by atoms with Crippen LogP contribution in [0.25, 0.3) is 0 Å². The fraction of sp³-hybridized carbons (Fsp3) is 0.214. The fourth-order valence-electron chi connectivity index (χ4n) is 1.74. The zero-order valence-electron chi connectivity index (χ0n) is 10.9. The first-order chi connectivity index (χ1) is 9.06. The number of aromatic nitrogens is 1. The van der Waals surface area contributed by atoms with E-state index >= 15 is 0 Å². The molecule has 1 aromatic heterocycles. The SMILES string of the molecule is Cc1ccc(CNc2cc(C)c([N+](=O)[O-])cn2)cc1. The lowest BCUT2D eigenvalue weighted by Crippen LogP contribution is -2.02. The molecule has 2 rings (SSSR count). The van der Waals surface area contributed by atoms with Gasteiger partial charge in [-0.3, -0.25) is 10.1 Å². The lowest BCUT2D eigenvalue weighted by Gasteiger charge is -2.07. The van der Waals surface area contributed by atoms with Crippen molar-refractivity contribution in [1.82, 2.24) is 4.98 Å². The van der Waals surface area contributed by atoms with Crippen LogP contribution in [0.1, 0.15) is 16.7 Å². The number of aryl methyl sites for hydroxylation is 2. The Bertz CT molecular complexity index is 594. The average molecular weight is 257 g/mol. The van der Waals surface area contributed by atoms with Gasteiger partial charge in [0.2, 0.25) is 0 Å². The number of hydrogen-bond donors (Lipinski definition) is 1. The Balaban J connectivity index is 2.06. The third kappa shape index (κ3) is 3.28. The minimum Gasteiger partial charge on any atom is -0.366 e. The molecule has 5 heteroatoms. The molecule has 0 spiro atoms. The third-order valence-electron chi connectivity index (χ3n) is 2.87. The van der Waals surface area contributed by atoms with Crippen LogP contribution >= 0.6 is 0 Å². The molecule has 0 unspecified atom stereocenters. The summed E-state index contributed by atoms with van der Waals surface area (Å²) in [5, 5.41) is 13.8. The van der Waals surface area contributed by atoms with Crippen LogP contribution in [0, 0.1) is 24.0 Å². The fourth-order valence-corrected chi connectivity index (χ4v) is 1.74. The second-order valence-corrected chi connectivity index (χ2v) is 4.45. The molecule has 0 saturated carbocycles. The zero-order valence-corrected chi connectivity index (χ0v) is 10.9. The minimum absolute atomic E-state index is 0.0425. The molecule has 2 aromatic rings. The molecule has 1 aromatic carbocycles. The van der Waals surface area contributed by atoms with E-state index in [2.05, 4.69) is 10.3 Å². The number of pyridine rings is 1. The quantitative estimate of drug-likeness (QED) is 0.674. The first kappa shape index (κ1) is 13.0. The zero-order chi connectivity index (χ0) is 13.8. The van der Waals surface area contributed by atoms with Gasteiger partial charge in [0.1, 0.15) is 12.0 Å². The molecule has 0 aliphatic carbocycles. The number of anilines is 1. The van der Waals surface area contributed by atoms with Gasteiger partial charge in [-0.2, -0.15) is 0 Å². The van der Waals surface area contributed by atoms with Gasteiger partial charge in [-0.1, -0.05) is 29.8 Å². The highest BCUT2D eigenvalue weighted by Crippen LogP contribution is 2.19. The Morgan fingerprint density at radius 3 is 2.53 bits per heavy atom. The van der Waals surface area contributed by atoms with Crippen LogP contribution in [0.15, 0.2) is 36.5 Å². The second kappa shape index (κ2) is 5.48. The summed E-state index contributed by atoms with van der Waals surface area (Å²) >= 11 is 0. The van der Waals surface area contributed by atoms with E-state index in [1.807, 2.05) is 31.2 Å². The van der Waals surface area contributed by atoms with E-state index in [0.29, 0.717) is 17.9 Å². The highest BCUT2D eigenvalue weighted by Gasteiger charge is 2.11. The van der Waals surface area contributed by atoms with E-state index in [4.69, 9.17) is 0 Å². The Morgan fingerprint density at radius 1 is 1.26 bits per heavy atom. The molecular formula is C14H15N3O2. The van der Waals surface area contributed by atoms with Gasteiger partial charge >= 0.3 is 0 Å². The highest BCUT2D eigenvalue weighted by molar-refractivity contribution is 5.47. The summed E-state index contributed by atoms with van der Waals surface area (Å²) in [5.74, 6) is 0.642. The van der Waals surface area contributed by atoms with Crippen molar-refractivity contribution in [2.24, 2.45) is 0 Å². The molecule has 1 N–H and O–H groups in total. The van der Waals surface area contributed by atoms with Crippen molar-refractivity contribution in [2.75, 3.05) is 5.32 Å². The van der Waals surface area contributed by atoms with E-state index in [1.54, 1.807) is 13.0 Å². The molecule has 1 heterocycles. The maximum absolute atomic E-state index is 10.7. The van der Waals surface area contributed by atoms with E-state index in [9.17, 15) is 10.1 Å². The normalized spacial score (nSPS) is 10.2. The van der Waals surface area contributed by atoms with Crippen LogP contribution in [-0.2, 0) is 6.54 Å². The van der Waals surface area contributed by atoms with Crippen LogP contribution < -0.4 is 5.32 Å². The molecule has 19 heavy (non-hydrogen) atoms. The van der Waals surface area contributed by atoms with Gasteiger partial charge in [0.15, 0.2) is 0 Å². The van der Waals surface area contributed by atoms with Crippen molar-refractivity contribution >= 4 is 11.5 Å². The molecule has 0 aliphatic heterocycles. The molecule has 0 fully saturated rings. The maximum atomic E-state index is 10.7. The van der Waals surface area contributed by atoms with Gasteiger partial charge in [-0.05, 0) is 25.5 Å². The monoisotopic (exact) mass is 257 g/mol. The van der Waals surface area contributed by atoms with E-state index in [1.165, 1.54) is 11.8 Å². The van der Waals surface area contributed by atoms with Crippen LogP contribution in [0.5, 0.6) is 0 Å². The van der Waals surface area contributed by atoms with Gasteiger partial charge in [-0.25, -0.2) is 4.98 Å². The van der Waals surface area contributed by atoms with Crippen LogP contribution in [0.2, 0.25) is 0 Å². The summed E-state index contributed by atoms with van der Waals surface area (Å²) in [6, 6.07) is 9.87. The van der Waals surface area contributed by atoms with E-state index < -0.39 is 4.92 Å². The number of nitro groups is 1. The van der Waals surface area contributed by atoms with Gasteiger partial charge in [0, 0.05) is 12.1 Å². The predicted molar refractivity (Wildman–Crippen MR) is 74.1 cm³/mol. The van der Waals surface area contributed by atoms with Crippen LogP contribution in [-0.4, -0.2) is 9.91 Å². The Morgan fingerprint density at radius 2 is 1.95 bits per heavy atom. The van der Waals surface area contributed by atoms with Crippen molar-refractivity contribution in [3.63, 3.8) is 0 Å². The molecule has 0 atom stereocenters. The predicted octanol–water partition coefficient (Wildman–Crippen LogP) is 3.22. The average Bonchev–Trinajstić information content (AvgIpc) is 2.37. The smallest absolute Gasteiger partial charge is 0.290 e. The lowest BCUT2D eigenvalue weighted by molar-refractivity contribution is -0.385. The Kier molecular flexibility index (Phi) is 3.75. The van der Waals surface area contributed by atoms with Gasteiger partial charge in [0.05, 0.1) is 4.92 Å². The summed E-state index contributed by atoms with van der Waals surface area (Å²) in [4.78, 5) is 14.3. The van der Waals surface area contributed by atoms with E-state index in [0.717, 1.165) is 5.56 Å². The summed E-state index contributed by atoms with van der Waals surface area (Å²) in [5.41, 5.74) is 3.00. The third-order valence-corrected chi connectivity index (χ3v) is 2.87. The molecular weight excluding hydrogens is 242 g/mol. The lowest BCUT2D eigenvalue weighted by atomic mass is 10.1. The number of nitrogens with zero attached hydrogens (tertiary/aromatic N) is 2. The second-order valence-electron chi connectivity index (χ2n) is 4.45. The summed E-state index contributed by atoms with van der Waals surface area (Å²) in [7, 11) is 0. The molecule has 0 saturated heterocycles. The van der Waals surface area contributed by atoms with Crippen molar-refractivity contribution in [3.8, 4) is 0 Å². The Labute approximate surface area is 111 Å². The van der Waals surface area contributed by atoms with Crippen molar-refractivity contribution in [2.45, 2.75) is 20.4 Å². The first-order valence-corrected chi connectivity index (χ1v) is 5.97. The largest absolute Gasteiger partial charge is 0.366 e. The standard InChI is InChI=1S/C14H15N3O2/c1-10-3-5-12(6-4-10)8-15-14-7-11(2)13(9-16-14)17(18)19/h3-7,9H,8H2,1-2H3,(H,15,16). The summed E-state index contributed by atoms with van der Waals surface area (Å²) < 4.78 is 0. The Hall–Kier alpha value is -2.43. The highest BCUT2D eigenvalue weighted by atomic mass is 16.6. The molecule has 5 nitrogen and oxygen atoms in total. The molecule has 0 radical (unpaired) electrons. The van der Waals surface area contributed by atoms with Crippen molar-refractivity contribution in [1.29, 1.82) is 0 Å². The van der Waals surface area contributed by atoms with Gasteiger partial charge in [0.25, 0.3) is 5.69 Å². The van der Waals surface area contributed by atoms with Crippen molar-refractivity contribution in [3.05, 3.63) is 63.3 Å². The maximum Gasteiger partial charge on any atom is 0.290 e. The van der Waals surface area contributed by atoms with E-state index in [-0.39, 0.29) is 5.69 Å². The summed E-state index contributed by atoms with van der Waals surface area (Å²) in [6.45, 7) is 4.39.